The molecule has 0 aliphatic carbocycles. The Hall–Kier alpha value is -2.55. The van der Waals surface area contributed by atoms with Crippen LogP contribution in [0.25, 0.3) is 0 Å². The summed E-state index contributed by atoms with van der Waals surface area (Å²) in [6.07, 6.45) is -4.77. The lowest BCUT2D eigenvalue weighted by molar-refractivity contribution is -0.274. The van der Waals surface area contributed by atoms with Gasteiger partial charge in [0.25, 0.3) is 5.91 Å². The number of ether oxygens (including phenoxy) is 1. The molecule has 0 radical (unpaired) electrons. The number of hydrogen-bond donors (Lipinski definition) is 0. The number of rotatable bonds is 3. The normalized spacial score (nSPS) is 19.7. The summed E-state index contributed by atoms with van der Waals surface area (Å²) in [5.41, 5.74) is 0.382. The van der Waals surface area contributed by atoms with Gasteiger partial charge in [-0.3, -0.25) is 4.79 Å². The first-order valence-electron chi connectivity index (χ1n) is 8.58. The number of alkyl halides is 3. The molecule has 1 heterocycles. The van der Waals surface area contributed by atoms with E-state index in [1.165, 1.54) is 23.1 Å². The summed E-state index contributed by atoms with van der Waals surface area (Å²) in [7, 11) is -3.51. The topological polar surface area (TPSA) is 63.7 Å². The van der Waals surface area contributed by atoms with Crippen molar-refractivity contribution in [2.24, 2.45) is 0 Å². The lowest BCUT2D eigenvalue weighted by Gasteiger charge is -2.22. The zero-order valence-corrected chi connectivity index (χ0v) is 15.5. The van der Waals surface area contributed by atoms with Crippen LogP contribution < -0.4 is 4.74 Å². The fourth-order valence-electron chi connectivity index (χ4n) is 3.22. The summed E-state index contributed by atoms with van der Waals surface area (Å²) in [4.78, 5) is 14.1. The lowest BCUT2D eigenvalue weighted by Crippen LogP contribution is -2.34. The molecular weight excluding hydrogens is 395 g/mol. The number of benzene rings is 2. The predicted octanol–water partition coefficient (Wildman–Crippen LogP) is 3.59. The molecule has 1 atom stereocenters. The predicted molar refractivity (Wildman–Crippen MR) is 96.6 cm³/mol. The number of carbonyl (C=O) groups is 1. The summed E-state index contributed by atoms with van der Waals surface area (Å²) in [5, 5.41) is -0.756. The summed E-state index contributed by atoms with van der Waals surface area (Å²) in [6, 6.07) is 13.7. The Balaban J connectivity index is 1.84. The minimum Gasteiger partial charge on any atom is -0.405 e. The van der Waals surface area contributed by atoms with Crippen molar-refractivity contribution in [1.29, 1.82) is 0 Å². The second kappa shape index (κ2) is 7.83. The zero-order valence-electron chi connectivity index (χ0n) is 14.7. The van der Waals surface area contributed by atoms with Crippen LogP contribution in [0.3, 0.4) is 0 Å². The fourth-order valence-corrected chi connectivity index (χ4v) is 5.01. The van der Waals surface area contributed by atoms with Crippen molar-refractivity contribution in [2.75, 3.05) is 18.8 Å². The molecule has 1 fully saturated rings. The number of sulfone groups is 1. The molecule has 1 saturated heterocycles. The van der Waals surface area contributed by atoms with Gasteiger partial charge in [0.15, 0.2) is 9.84 Å². The number of hydrogen-bond acceptors (Lipinski definition) is 4. The molecular formula is C19H18F3NO4S. The second-order valence-corrected chi connectivity index (χ2v) is 8.69. The van der Waals surface area contributed by atoms with E-state index in [1.807, 2.05) is 0 Å². The SMILES string of the molecule is O=C(c1ccccc1OC(F)(F)F)N1CCC(c2ccccc2)S(=O)(=O)CC1. The summed E-state index contributed by atoms with van der Waals surface area (Å²) in [6.45, 7) is 0.0167. The molecule has 1 aliphatic rings. The van der Waals surface area contributed by atoms with E-state index >= 15 is 0 Å². The Labute approximate surface area is 160 Å². The minimum absolute atomic E-state index is 0.0924. The van der Waals surface area contributed by atoms with Gasteiger partial charge in [0.2, 0.25) is 0 Å². The van der Waals surface area contributed by atoms with Gasteiger partial charge < -0.3 is 9.64 Å². The van der Waals surface area contributed by atoms with Gasteiger partial charge in [0.1, 0.15) is 5.75 Å². The van der Waals surface area contributed by atoms with Gasteiger partial charge in [-0.25, -0.2) is 8.42 Å². The Morgan fingerprint density at radius 3 is 2.32 bits per heavy atom. The average Bonchev–Trinajstić information content (AvgIpc) is 2.79. The van der Waals surface area contributed by atoms with E-state index in [0.29, 0.717) is 5.56 Å². The van der Waals surface area contributed by atoms with Crippen molar-refractivity contribution < 1.29 is 31.1 Å². The van der Waals surface area contributed by atoms with Crippen LogP contribution in [0, 0.1) is 0 Å². The van der Waals surface area contributed by atoms with Crippen molar-refractivity contribution in [3.8, 4) is 5.75 Å². The van der Waals surface area contributed by atoms with E-state index in [2.05, 4.69) is 4.74 Å². The number of para-hydroxylation sites is 1. The number of carbonyl (C=O) groups excluding carboxylic acids is 1. The quantitative estimate of drug-likeness (QED) is 0.772. The van der Waals surface area contributed by atoms with E-state index in [1.54, 1.807) is 30.3 Å². The summed E-state index contributed by atoms with van der Waals surface area (Å²) >= 11 is 0. The molecule has 9 heteroatoms. The zero-order chi connectivity index (χ0) is 20.4. The average molecular weight is 413 g/mol. The standard InChI is InChI=1S/C19H18F3NO4S/c20-19(21,22)27-16-9-5-4-8-15(16)18(24)23-11-10-17(28(25,26)13-12-23)14-6-2-1-3-7-14/h1-9,17H,10-13H2. The number of halogens is 3. The molecule has 0 aromatic heterocycles. The van der Waals surface area contributed by atoms with Gasteiger partial charge in [-0.05, 0) is 24.1 Å². The lowest BCUT2D eigenvalue weighted by atomic mass is 10.1. The van der Waals surface area contributed by atoms with Gasteiger partial charge in [0, 0.05) is 13.1 Å². The minimum atomic E-state index is -4.93. The van der Waals surface area contributed by atoms with Gasteiger partial charge in [0.05, 0.1) is 16.6 Å². The molecule has 0 saturated carbocycles. The molecule has 28 heavy (non-hydrogen) atoms. The van der Waals surface area contributed by atoms with Crippen molar-refractivity contribution >= 4 is 15.7 Å². The first kappa shape index (κ1) is 20.2. The molecule has 1 unspecified atom stereocenters. The second-order valence-electron chi connectivity index (χ2n) is 6.39. The largest absolute Gasteiger partial charge is 0.573 e. The van der Waals surface area contributed by atoms with Crippen LogP contribution in [-0.2, 0) is 9.84 Å². The first-order chi connectivity index (χ1) is 13.2. The summed E-state index contributed by atoms with van der Waals surface area (Å²) < 4.78 is 67.1. The molecule has 1 aliphatic heterocycles. The van der Waals surface area contributed by atoms with Crippen molar-refractivity contribution in [1.82, 2.24) is 4.90 Å². The van der Waals surface area contributed by atoms with E-state index in [4.69, 9.17) is 0 Å². The van der Waals surface area contributed by atoms with E-state index < -0.39 is 33.1 Å². The highest BCUT2D eigenvalue weighted by Crippen LogP contribution is 2.31. The molecule has 5 nitrogen and oxygen atoms in total. The van der Waals surface area contributed by atoms with Crippen molar-refractivity contribution in [3.63, 3.8) is 0 Å². The molecule has 0 bridgehead atoms. The van der Waals surface area contributed by atoms with Crippen LogP contribution in [0.15, 0.2) is 54.6 Å². The smallest absolute Gasteiger partial charge is 0.405 e. The first-order valence-corrected chi connectivity index (χ1v) is 10.3. The van der Waals surface area contributed by atoms with Crippen LogP contribution in [-0.4, -0.2) is 44.4 Å². The third kappa shape index (κ3) is 4.64. The Kier molecular flexibility index (Phi) is 5.64. The van der Waals surface area contributed by atoms with Gasteiger partial charge >= 0.3 is 6.36 Å². The monoisotopic (exact) mass is 413 g/mol. The third-order valence-corrected chi connectivity index (χ3v) is 6.67. The maximum atomic E-state index is 12.8. The number of amides is 1. The van der Waals surface area contributed by atoms with Crippen molar-refractivity contribution in [2.45, 2.75) is 18.0 Å². The van der Waals surface area contributed by atoms with Crippen molar-refractivity contribution in [3.05, 3.63) is 65.7 Å². The molecule has 0 spiro atoms. The molecule has 1 amide bonds. The van der Waals surface area contributed by atoms with Crippen LogP contribution in [0.2, 0.25) is 0 Å². The Morgan fingerprint density at radius 2 is 1.64 bits per heavy atom. The molecule has 3 rings (SSSR count). The highest BCUT2D eigenvalue weighted by atomic mass is 32.2. The van der Waals surface area contributed by atoms with Crippen LogP contribution in [0.4, 0.5) is 13.2 Å². The molecule has 150 valence electrons. The maximum absolute atomic E-state index is 12.8. The maximum Gasteiger partial charge on any atom is 0.573 e. The highest BCUT2D eigenvalue weighted by molar-refractivity contribution is 7.91. The van der Waals surface area contributed by atoms with Crippen LogP contribution >= 0.6 is 0 Å². The van der Waals surface area contributed by atoms with E-state index in [9.17, 15) is 26.4 Å². The highest BCUT2D eigenvalue weighted by Gasteiger charge is 2.35. The third-order valence-electron chi connectivity index (χ3n) is 4.54. The Morgan fingerprint density at radius 1 is 1.00 bits per heavy atom. The molecule has 0 N–H and O–H groups in total. The van der Waals surface area contributed by atoms with E-state index in [-0.39, 0.29) is 30.8 Å². The van der Waals surface area contributed by atoms with Gasteiger partial charge in [-0.2, -0.15) is 0 Å². The van der Waals surface area contributed by atoms with E-state index in [0.717, 1.165) is 6.07 Å². The fraction of sp³-hybridized carbons (Fsp3) is 0.316. The van der Waals surface area contributed by atoms with Crippen LogP contribution in [0.1, 0.15) is 27.6 Å². The van der Waals surface area contributed by atoms with Crippen LogP contribution in [0.5, 0.6) is 5.75 Å². The molecule has 2 aromatic carbocycles. The molecule has 2 aromatic rings. The van der Waals surface area contributed by atoms with Gasteiger partial charge in [-0.15, -0.1) is 13.2 Å². The summed E-state index contributed by atoms with van der Waals surface area (Å²) in [5.74, 6) is -1.56. The Bertz CT molecular complexity index is 945. The van der Waals surface area contributed by atoms with Gasteiger partial charge in [-0.1, -0.05) is 42.5 Å². The number of nitrogens with zero attached hydrogens (tertiary/aromatic N) is 1.